The Hall–Kier alpha value is -2.45. The van der Waals surface area contributed by atoms with Crippen molar-refractivity contribution in [1.82, 2.24) is 15.0 Å². The lowest BCUT2D eigenvalue weighted by Crippen LogP contribution is -2.43. The van der Waals surface area contributed by atoms with Crippen molar-refractivity contribution >= 4 is 17.5 Å². The van der Waals surface area contributed by atoms with Crippen molar-refractivity contribution < 1.29 is 9.47 Å². The second kappa shape index (κ2) is 6.81. The van der Waals surface area contributed by atoms with Crippen LogP contribution in [-0.4, -0.2) is 67.1 Å². The van der Waals surface area contributed by atoms with Gasteiger partial charge in [-0.05, 0) is 30.4 Å². The van der Waals surface area contributed by atoms with Gasteiger partial charge in [0.25, 0.3) is 0 Å². The average Bonchev–Trinajstić information content (AvgIpc) is 3.54. The summed E-state index contributed by atoms with van der Waals surface area (Å²) in [5.41, 5.74) is 9.51. The molecule has 2 aromatic heterocycles. The minimum absolute atomic E-state index is 0.357. The van der Waals surface area contributed by atoms with Gasteiger partial charge < -0.3 is 25.0 Å². The van der Waals surface area contributed by atoms with Crippen LogP contribution >= 0.6 is 0 Å². The lowest BCUT2D eigenvalue weighted by atomic mass is 10.0. The van der Waals surface area contributed by atoms with Crippen molar-refractivity contribution in [3.63, 3.8) is 0 Å². The summed E-state index contributed by atoms with van der Waals surface area (Å²) < 4.78 is 11.3. The third kappa shape index (κ3) is 3.02. The molecule has 2 saturated heterocycles. The summed E-state index contributed by atoms with van der Waals surface area (Å²) in [4.78, 5) is 19.3. The van der Waals surface area contributed by atoms with E-state index in [1.54, 1.807) is 0 Å². The quantitative estimate of drug-likeness (QED) is 0.840. The van der Waals surface area contributed by atoms with Gasteiger partial charge in [0.05, 0.1) is 32.5 Å². The molecule has 152 valence electrons. The predicted molar refractivity (Wildman–Crippen MR) is 110 cm³/mol. The van der Waals surface area contributed by atoms with Crippen LogP contribution in [0.1, 0.15) is 29.9 Å². The second-order valence-corrected chi connectivity index (χ2v) is 8.37. The summed E-state index contributed by atoms with van der Waals surface area (Å²) in [5.74, 6) is 4.02. The highest BCUT2D eigenvalue weighted by Gasteiger charge is 2.38. The molecule has 0 bridgehead atoms. The topological polar surface area (TPSA) is 89.6 Å². The van der Waals surface area contributed by atoms with Crippen LogP contribution in [0.3, 0.4) is 0 Å². The van der Waals surface area contributed by atoms with E-state index in [1.165, 1.54) is 24.0 Å². The molecular weight excluding hydrogens is 368 g/mol. The van der Waals surface area contributed by atoms with Gasteiger partial charge in [-0.25, -0.2) is 15.0 Å². The van der Waals surface area contributed by atoms with Crippen molar-refractivity contribution in [3.05, 3.63) is 23.4 Å². The number of morpholine rings is 2. The van der Waals surface area contributed by atoms with Crippen molar-refractivity contribution in [2.75, 3.05) is 61.6 Å². The molecule has 1 unspecified atom stereocenters. The average molecular weight is 394 g/mol. The maximum absolute atomic E-state index is 6.00. The SMILES string of the molecule is Nc1cc(C2CC2)c(-c2nc(N3CCOCC3)c3c(n2)N2CCOCC2C3)cn1. The van der Waals surface area contributed by atoms with Crippen LogP contribution in [0.2, 0.25) is 0 Å². The highest BCUT2D eigenvalue weighted by Crippen LogP contribution is 2.45. The Morgan fingerprint density at radius 3 is 2.62 bits per heavy atom. The first-order valence-corrected chi connectivity index (χ1v) is 10.6. The summed E-state index contributed by atoms with van der Waals surface area (Å²) in [6, 6.07) is 2.37. The lowest BCUT2D eigenvalue weighted by Gasteiger charge is -2.31. The summed E-state index contributed by atoms with van der Waals surface area (Å²) in [7, 11) is 0. The first-order valence-electron chi connectivity index (χ1n) is 10.6. The zero-order chi connectivity index (χ0) is 19.4. The Morgan fingerprint density at radius 2 is 1.79 bits per heavy atom. The monoisotopic (exact) mass is 394 g/mol. The third-order valence-corrected chi connectivity index (χ3v) is 6.43. The number of nitrogens with zero attached hydrogens (tertiary/aromatic N) is 5. The largest absolute Gasteiger partial charge is 0.384 e. The molecule has 2 aromatic rings. The molecule has 4 aliphatic rings. The van der Waals surface area contributed by atoms with Crippen LogP contribution in [0.5, 0.6) is 0 Å². The number of hydrogen-bond donors (Lipinski definition) is 1. The van der Waals surface area contributed by atoms with Crippen molar-refractivity contribution in [1.29, 1.82) is 0 Å². The molecule has 1 aliphatic carbocycles. The first kappa shape index (κ1) is 17.4. The Bertz CT molecular complexity index is 941. The van der Waals surface area contributed by atoms with Crippen molar-refractivity contribution in [3.8, 4) is 11.4 Å². The van der Waals surface area contributed by atoms with Crippen molar-refractivity contribution in [2.24, 2.45) is 0 Å². The molecule has 2 N–H and O–H groups in total. The molecule has 1 saturated carbocycles. The highest BCUT2D eigenvalue weighted by atomic mass is 16.5. The number of nitrogen functional groups attached to an aromatic ring is 1. The number of hydrogen-bond acceptors (Lipinski definition) is 8. The smallest absolute Gasteiger partial charge is 0.165 e. The van der Waals surface area contributed by atoms with Gasteiger partial charge in [0.1, 0.15) is 17.5 Å². The van der Waals surface area contributed by atoms with E-state index in [1.807, 2.05) is 12.3 Å². The Morgan fingerprint density at radius 1 is 1.00 bits per heavy atom. The number of rotatable bonds is 3. The normalized spacial score (nSPS) is 23.8. The molecule has 0 radical (unpaired) electrons. The van der Waals surface area contributed by atoms with Gasteiger partial charge >= 0.3 is 0 Å². The van der Waals surface area contributed by atoms with E-state index < -0.39 is 0 Å². The number of fused-ring (bicyclic) bond motifs is 3. The fraction of sp³-hybridized carbons (Fsp3) is 0.571. The Labute approximate surface area is 170 Å². The van der Waals surface area contributed by atoms with E-state index in [0.29, 0.717) is 17.8 Å². The number of ether oxygens (including phenoxy) is 2. The maximum Gasteiger partial charge on any atom is 0.165 e. The molecule has 8 nitrogen and oxygen atoms in total. The fourth-order valence-corrected chi connectivity index (χ4v) is 4.78. The Balaban J connectivity index is 1.50. The molecule has 0 spiro atoms. The lowest BCUT2D eigenvalue weighted by molar-refractivity contribution is 0.0973. The molecule has 8 heteroatoms. The molecule has 0 amide bonds. The van der Waals surface area contributed by atoms with Gasteiger partial charge in [-0.1, -0.05) is 0 Å². The Kier molecular flexibility index (Phi) is 4.09. The van der Waals surface area contributed by atoms with Crippen LogP contribution in [0, 0.1) is 0 Å². The first-order chi connectivity index (χ1) is 14.3. The molecule has 1 atom stereocenters. The minimum Gasteiger partial charge on any atom is -0.384 e. The van der Waals surface area contributed by atoms with Crippen molar-refractivity contribution in [2.45, 2.75) is 31.2 Å². The zero-order valence-electron chi connectivity index (χ0n) is 16.5. The van der Waals surface area contributed by atoms with Crippen LogP contribution in [0.25, 0.3) is 11.4 Å². The van der Waals surface area contributed by atoms with Crippen LogP contribution in [0.15, 0.2) is 12.3 Å². The summed E-state index contributed by atoms with van der Waals surface area (Å²) in [6.45, 7) is 5.58. The number of pyridine rings is 1. The second-order valence-electron chi connectivity index (χ2n) is 8.37. The number of anilines is 3. The molecule has 3 fully saturated rings. The van der Waals surface area contributed by atoms with E-state index >= 15 is 0 Å². The fourth-order valence-electron chi connectivity index (χ4n) is 4.78. The summed E-state index contributed by atoms with van der Waals surface area (Å²) in [5, 5.41) is 0. The molecule has 29 heavy (non-hydrogen) atoms. The van der Waals surface area contributed by atoms with Gasteiger partial charge in [-0.3, -0.25) is 0 Å². The minimum atomic E-state index is 0.357. The predicted octanol–water partition coefficient (Wildman–Crippen LogP) is 1.60. The van der Waals surface area contributed by atoms with Gasteiger partial charge in [0.2, 0.25) is 0 Å². The van der Waals surface area contributed by atoms with E-state index in [4.69, 9.17) is 25.2 Å². The van der Waals surface area contributed by atoms with E-state index in [-0.39, 0.29) is 0 Å². The van der Waals surface area contributed by atoms with Gasteiger partial charge in [0, 0.05) is 43.4 Å². The molecule has 0 aromatic carbocycles. The molecular formula is C21H26N6O2. The summed E-state index contributed by atoms with van der Waals surface area (Å²) in [6.07, 6.45) is 5.20. The zero-order valence-corrected chi connectivity index (χ0v) is 16.5. The summed E-state index contributed by atoms with van der Waals surface area (Å²) >= 11 is 0. The number of nitrogens with two attached hydrogens (primary N) is 1. The molecule has 5 heterocycles. The van der Waals surface area contributed by atoms with Gasteiger partial charge in [-0.15, -0.1) is 0 Å². The van der Waals surface area contributed by atoms with Crippen LogP contribution < -0.4 is 15.5 Å². The van der Waals surface area contributed by atoms with E-state index in [2.05, 4.69) is 14.8 Å². The van der Waals surface area contributed by atoms with Crippen LogP contribution in [-0.2, 0) is 15.9 Å². The standard InChI is InChI=1S/C21H26N6O2/c22-18-10-15(13-1-2-13)17(11-23-18)19-24-20(26-3-6-28-7-4-26)16-9-14-12-29-8-5-27(14)21(16)25-19/h10-11,13-14H,1-9,12H2,(H2,22,23). The molecule has 6 rings (SSSR count). The maximum atomic E-state index is 6.00. The third-order valence-electron chi connectivity index (χ3n) is 6.43. The highest BCUT2D eigenvalue weighted by molar-refractivity contribution is 5.72. The van der Waals surface area contributed by atoms with E-state index in [0.717, 1.165) is 75.5 Å². The van der Waals surface area contributed by atoms with Crippen LogP contribution in [0.4, 0.5) is 17.5 Å². The van der Waals surface area contributed by atoms with E-state index in [9.17, 15) is 0 Å². The van der Waals surface area contributed by atoms with Gasteiger partial charge in [-0.2, -0.15) is 0 Å². The van der Waals surface area contributed by atoms with Gasteiger partial charge in [0.15, 0.2) is 5.82 Å². The number of aromatic nitrogens is 3. The molecule has 3 aliphatic heterocycles.